The van der Waals surface area contributed by atoms with Gasteiger partial charge in [0.05, 0.1) is 13.2 Å². The number of rotatable bonds is 0. The zero-order chi connectivity index (χ0) is 16.6. The largest absolute Gasteiger partial charge is 0.347 e. The second kappa shape index (κ2) is 5.10. The highest BCUT2D eigenvalue weighted by Gasteiger charge is 2.66. The molecule has 0 N–H and O–H groups in total. The molecule has 24 heavy (non-hydrogen) atoms. The Labute approximate surface area is 147 Å². The van der Waals surface area contributed by atoms with Gasteiger partial charge in [-0.25, -0.2) is 0 Å². The summed E-state index contributed by atoms with van der Waals surface area (Å²) >= 11 is 0. The third-order valence-corrected chi connectivity index (χ3v) is 9.15. The van der Waals surface area contributed by atoms with E-state index in [1.165, 1.54) is 44.9 Å². The molecule has 4 fully saturated rings. The van der Waals surface area contributed by atoms with Crippen LogP contribution in [-0.4, -0.2) is 19.0 Å². The first-order valence-electron chi connectivity index (χ1n) is 10.5. The summed E-state index contributed by atoms with van der Waals surface area (Å²) in [4.78, 5) is 0. The molecule has 1 spiro atoms. The average molecular weight is 331 g/mol. The van der Waals surface area contributed by atoms with Gasteiger partial charge in [0.15, 0.2) is 5.79 Å². The molecule has 5 aliphatic rings. The van der Waals surface area contributed by atoms with Gasteiger partial charge in [-0.3, -0.25) is 0 Å². The highest BCUT2D eigenvalue weighted by molar-refractivity contribution is 5.25. The van der Waals surface area contributed by atoms with Crippen molar-refractivity contribution in [1.82, 2.24) is 0 Å². The van der Waals surface area contributed by atoms with Crippen molar-refractivity contribution in [3.05, 3.63) is 11.6 Å². The molecule has 6 atom stereocenters. The molecule has 1 saturated heterocycles. The molecule has 134 valence electrons. The summed E-state index contributed by atoms with van der Waals surface area (Å²) in [6.45, 7) is 9.15. The number of hydrogen-bond donors (Lipinski definition) is 0. The van der Waals surface area contributed by atoms with E-state index in [1.807, 2.05) is 5.57 Å². The van der Waals surface area contributed by atoms with Crippen molar-refractivity contribution in [3.63, 3.8) is 0 Å². The lowest BCUT2D eigenvalue weighted by Crippen LogP contribution is -2.54. The minimum atomic E-state index is -0.241. The molecule has 0 aromatic heterocycles. The predicted octanol–water partition coefficient (Wildman–Crippen LogP) is 5.33. The van der Waals surface area contributed by atoms with Gasteiger partial charge in [-0.05, 0) is 74.0 Å². The Kier molecular flexibility index (Phi) is 3.37. The molecule has 1 aliphatic heterocycles. The SMILES string of the molecule is C[C@H]1CC[C@@]2(C)C(=CC[C@@H]3[C@@H]2CC[C@@]2(C)[C@H]3CCC23OCCO3)C1. The summed E-state index contributed by atoms with van der Waals surface area (Å²) < 4.78 is 12.5. The summed E-state index contributed by atoms with van der Waals surface area (Å²) in [7, 11) is 0. The Balaban J connectivity index is 1.49. The van der Waals surface area contributed by atoms with Crippen LogP contribution in [0.4, 0.5) is 0 Å². The summed E-state index contributed by atoms with van der Waals surface area (Å²) in [6, 6.07) is 0. The van der Waals surface area contributed by atoms with Crippen LogP contribution in [0.15, 0.2) is 11.6 Å². The maximum atomic E-state index is 6.26. The molecule has 0 amide bonds. The summed E-state index contributed by atoms with van der Waals surface area (Å²) in [5.74, 6) is 3.21. The van der Waals surface area contributed by atoms with Gasteiger partial charge in [-0.2, -0.15) is 0 Å². The first-order valence-corrected chi connectivity index (χ1v) is 10.5. The van der Waals surface area contributed by atoms with Crippen molar-refractivity contribution in [1.29, 1.82) is 0 Å². The van der Waals surface area contributed by atoms with Crippen molar-refractivity contribution in [2.45, 2.75) is 77.9 Å². The molecule has 2 nitrogen and oxygen atoms in total. The Morgan fingerprint density at radius 2 is 1.71 bits per heavy atom. The quantitative estimate of drug-likeness (QED) is 0.559. The van der Waals surface area contributed by atoms with Gasteiger partial charge in [-0.1, -0.05) is 32.4 Å². The minimum absolute atomic E-state index is 0.241. The van der Waals surface area contributed by atoms with E-state index >= 15 is 0 Å². The second-order valence-electron chi connectivity index (χ2n) is 10.1. The Morgan fingerprint density at radius 1 is 0.958 bits per heavy atom. The highest BCUT2D eigenvalue weighted by Crippen LogP contribution is 2.68. The van der Waals surface area contributed by atoms with Crippen molar-refractivity contribution in [3.8, 4) is 0 Å². The number of hydrogen-bond acceptors (Lipinski definition) is 2. The molecular formula is C22H34O2. The minimum Gasteiger partial charge on any atom is -0.347 e. The molecule has 0 radical (unpaired) electrons. The van der Waals surface area contributed by atoms with E-state index in [-0.39, 0.29) is 11.2 Å². The van der Waals surface area contributed by atoms with E-state index in [0.717, 1.165) is 43.3 Å². The van der Waals surface area contributed by atoms with Gasteiger partial charge >= 0.3 is 0 Å². The number of allylic oxidation sites excluding steroid dienone is 2. The second-order valence-corrected chi connectivity index (χ2v) is 10.1. The molecule has 0 bridgehead atoms. The maximum absolute atomic E-state index is 6.26. The summed E-state index contributed by atoms with van der Waals surface area (Å²) in [6.07, 6.45) is 13.3. The van der Waals surface area contributed by atoms with Crippen molar-refractivity contribution < 1.29 is 9.47 Å². The number of fused-ring (bicyclic) bond motifs is 6. The first kappa shape index (κ1) is 15.9. The molecule has 0 aromatic carbocycles. The normalized spacial score (nSPS) is 52.5. The lowest BCUT2D eigenvalue weighted by molar-refractivity contribution is -0.242. The van der Waals surface area contributed by atoms with Crippen LogP contribution in [0.1, 0.15) is 72.1 Å². The molecule has 3 saturated carbocycles. The van der Waals surface area contributed by atoms with Gasteiger partial charge in [0, 0.05) is 11.8 Å². The third-order valence-electron chi connectivity index (χ3n) is 9.15. The van der Waals surface area contributed by atoms with E-state index in [0.29, 0.717) is 5.41 Å². The Bertz CT molecular complexity index is 560. The third kappa shape index (κ3) is 1.85. The monoisotopic (exact) mass is 330 g/mol. The van der Waals surface area contributed by atoms with E-state index in [9.17, 15) is 0 Å². The molecule has 5 rings (SSSR count). The zero-order valence-electron chi connectivity index (χ0n) is 15.8. The van der Waals surface area contributed by atoms with Crippen LogP contribution >= 0.6 is 0 Å². The smallest absolute Gasteiger partial charge is 0.174 e. The van der Waals surface area contributed by atoms with Crippen molar-refractivity contribution >= 4 is 0 Å². The fraction of sp³-hybridized carbons (Fsp3) is 0.909. The molecule has 0 aromatic rings. The summed E-state index contributed by atoms with van der Waals surface area (Å²) in [5, 5.41) is 0. The Morgan fingerprint density at radius 3 is 2.50 bits per heavy atom. The van der Waals surface area contributed by atoms with Gasteiger partial charge in [0.25, 0.3) is 0 Å². The van der Waals surface area contributed by atoms with E-state index < -0.39 is 0 Å². The lowest BCUT2D eigenvalue weighted by atomic mass is 9.47. The average Bonchev–Trinajstić information content (AvgIpc) is 3.15. The number of ether oxygens (including phenoxy) is 2. The van der Waals surface area contributed by atoms with E-state index in [4.69, 9.17) is 9.47 Å². The Hall–Kier alpha value is -0.340. The molecule has 4 aliphatic carbocycles. The van der Waals surface area contributed by atoms with Gasteiger partial charge in [0.2, 0.25) is 0 Å². The highest BCUT2D eigenvalue weighted by atomic mass is 16.7. The van der Waals surface area contributed by atoms with Gasteiger partial charge in [-0.15, -0.1) is 0 Å². The fourth-order valence-corrected chi connectivity index (χ4v) is 7.73. The predicted molar refractivity (Wildman–Crippen MR) is 95.5 cm³/mol. The standard InChI is InChI=1S/C22H34O2/c1-15-6-9-20(2)16(14-15)4-5-17-18(20)7-10-21(3)19(17)8-11-22(21)23-12-13-24-22/h4,15,17-19H,5-14H2,1-3H3/t15-,17+,18-,19-,20-,21-/m0/s1. The van der Waals surface area contributed by atoms with Crippen LogP contribution < -0.4 is 0 Å². The van der Waals surface area contributed by atoms with Gasteiger partial charge < -0.3 is 9.47 Å². The molecule has 1 heterocycles. The van der Waals surface area contributed by atoms with Crippen molar-refractivity contribution in [2.24, 2.45) is 34.5 Å². The van der Waals surface area contributed by atoms with Gasteiger partial charge in [0.1, 0.15) is 0 Å². The zero-order valence-corrected chi connectivity index (χ0v) is 15.8. The molecular weight excluding hydrogens is 296 g/mol. The van der Waals surface area contributed by atoms with Crippen LogP contribution in [0.5, 0.6) is 0 Å². The first-order chi connectivity index (χ1) is 11.5. The topological polar surface area (TPSA) is 18.5 Å². The molecule has 2 heteroatoms. The van der Waals surface area contributed by atoms with Crippen LogP contribution in [0.3, 0.4) is 0 Å². The lowest BCUT2D eigenvalue weighted by Gasteiger charge is -2.58. The van der Waals surface area contributed by atoms with Crippen LogP contribution in [0.25, 0.3) is 0 Å². The van der Waals surface area contributed by atoms with Crippen LogP contribution in [0.2, 0.25) is 0 Å². The maximum Gasteiger partial charge on any atom is 0.174 e. The van der Waals surface area contributed by atoms with E-state index in [1.54, 1.807) is 0 Å². The molecule has 0 unspecified atom stereocenters. The van der Waals surface area contributed by atoms with Crippen LogP contribution in [0, 0.1) is 34.5 Å². The van der Waals surface area contributed by atoms with Crippen LogP contribution in [-0.2, 0) is 9.47 Å². The fourth-order valence-electron chi connectivity index (χ4n) is 7.73. The van der Waals surface area contributed by atoms with Crippen molar-refractivity contribution in [2.75, 3.05) is 13.2 Å². The summed E-state index contributed by atoms with van der Waals surface area (Å²) in [5.41, 5.74) is 2.55. The van der Waals surface area contributed by atoms with E-state index in [2.05, 4.69) is 26.8 Å².